The molecule has 1 atom stereocenters. The predicted octanol–water partition coefficient (Wildman–Crippen LogP) is 2.35. The molecule has 1 aliphatic rings. The molecule has 1 fully saturated rings. The van der Waals surface area contributed by atoms with Crippen LogP contribution >= 0.6 is 0 Å². The molecule has 29 heavy (non-hydrogen) atoms. The molecule has 0 saturated carbocycles. The topological polar surface area (TPSA) is 78.5 Å². The minimum absolute atomic E-state index is 0.100. The number of hydrogen-bond donors (Lipinski definition) is 2. The predicted molar refractivity (Wildman–Crippen MR) is 107 cm³/mol. The van der Waals surface area contributed by atoms with Crippen LogP contribution in [0.25, 0.3) is 0 Å². The van der Waals surface area contributed by atoms with E-state index in [0.717, 1.165) is 12.0 Å². The van der Waals surface area contributed by atoms with E-state index in [2.05, 4.69) is 10.6 Å². The van der Waals surface area contributed by atoms with Gasteiger partial charge in [-0.2, -0.15) is 0 Å². The van der Waals surface area contributed by atoms with E-state index in [-0.39, 0.29) is 29.5 Å². The highest BCUT2D eigenvalue weighted by Gasteiger charge is 2.28. The molecule has 2 aromatic carbocycles. The largest absolute Gasteiger partial charge is 0.355 e. The van der Waals surface area contributed by atoms with E-state index in [1.165, 1.54) is 24.3 Å². The van der Waals surface area contributed by atoms with Crippen molar-refractivity contribution in [3.05, 3.63) is 71.0 Å². The van der Waals surface area contributed by atoms with E-state index in [1.807, 2.05) is 0 Å². The Balaban J connectivity index is 1.54. The lowest BCUT2D eigenvalue weighted by molar-refractivity contribution is -0.126. The standard InChI is InChI=1S/C22H24FN3O3/c1-24-20(27)16-6-4-15(5-7-16)13-25-21(28)18-3-2-12-26(14-18)22(29)17-8-10-19(23)11-9-17/h4-11,18H,2-3,12-14H2,1H3,(H,24,27)(H,25,28). The van der Waals surface area contributed by atoms with Gasteiger partial charge in [0.2, 0.25) is 5.91 Å². The van der Waals surface area contributed by atoms with E-state index in [9.17, 15) is 18.8 Å². The van der Waals surface area contributed by atoms with E-state index in [4.69, 9.17) is 0 Å². The lowest BCUT2D eigenvalue weighted by Gasteiger charge is -2.32. The third-order valence-electron chi connectivity index (χ3n) is 5.08. The number of rotatable bonds is 5. The van der Waals surface area contributed by atoms with Crippen LogP contribution in [-0.2, 0) is 11.3 Å². The molecule has 1 unspecified atom stereocenters. The summed E-state index contributed by atoms with van der Waals surface area (Å²) < 4.78 is 13.1. The summed E-state index contributed by atoms with van der Waals surface area (Å²) in [5.74, 6) is -1.11. The molecule has 0 bridgehead atoms. The quantitative estimate of drug-likeness (QED) is 0.813. The molecule has 3 amide bonds. The maximum absolute atomic E-state index is 13.1. The number of carbonyl (C=O) groups is 3. The number of nitrogens with one attached hydrogen (secondary N) is 2. The molecule has 3 rings (SSSR count). The van der Waals surface area contributed by atoms with Gasteiger partial charge in [0.15, 0.2) is 0 Å². The van der Waals surface area contributed by atoms with Gasteiger partial charge < -0.3 is 15.5 Å². The average molecular weight is 397 g/mol. The van der Waals surface area contributed by atoms with Gasteiger partial charge in [0, 0.05) is 37.8 Å². The molecule has 0 spiro atoms. The molecule has 1 saturated heterocycles. The average Bonchev–Trinajstić information content (AvgIpc) is 2.77. The zero-order valence-corrected chi connectivity index (χ0v) is 16.3. The van der Waals surface area contributed by atoms with Crippen molar-refractivity contribution >= 4 is 17.7 Å². The first-order chi connectivity index (χ1) is 14.0. The Morgan fingerprint density at radius 3 is 2.34 bits per heavy atom. The maximum atomic E-state index is 13.1. The van der Waals surface area contributed by atoms with Gasteiger partial charge in [-0.15, -0.1) is 0 Å². The molecular weight excluding hydrogens is 373 g/mol. The van der Waals surface area contributed by atoms with Crippen LogP contribution in [0.1, 0.15) is 39.1 Å². The smallest absolute Gasteiger partial charge is 0.253 e. The summed E-state index contributed by atoms with van der Waals surface area (Å²) in [7, 11) is 1.57. The fourth-order valence-electron chi connectivity index (χ4n) is 3.40. The number of carbonyl (C=O) groups excluding carboxylic acids is 3. The maximum Gasteiger partial charge on any atom is 0.253 e. The third-order valence-corrected chi connectivity index (χ3v) is 5.08. The Hall–Kier alpha value is -3.22. The van der Waals surface area contributed by atoms with E-state index in [1.54, 1.807) is 36.2 Å². The Morgan fingerprint density at radius 1 is 1.03 bits per heavy atom. The Kier molecular flexibility index (Phi) is 6.59. The highest BCUT2D eigenvalue weighted by molar-refractivity contribution is 5.95. The summed E-state index contributed by atoms with van der Waals surface area (Å²) in [5, 5.41) is 5.47. The van der Waals surface area contributed by atoms with Crippen molar-refractivity contribution in [1.82, 2.24) is 15.5 Å². The first-order valence-corrected chi connectivity index (χ1v) is 9.61. The molecule has 152 valence electrons. The molecule has 1 aliphatic heterocycles. The summed E-state index contributed by atoms with van der Waals surface area (Å²) in [6, 6.07) is 12.5. The first kappa shape index (κ1) is 20.5. The lowest BCUT2D eigenvalue weighted by atomic mass is 9.96. The van der Waals surface area contributed by atoms with Crippen molar-refractivity contribution in [2.75, 3.05) is 20.1 Å². The van der Waals surface area contributed by atoms with Crippen molar-refractivity contribution in [2.45, 2.75) is 19.4 Å². The fourth-order valence-corrected chi connectivity index (χ4v) is 3.40. The second kappa shape index (κ2) is 9.32. The van der Waals surface area contributed by atoms with Crippen LogP contribution < -0.4 is 10.6 Å². The molecule has 1 heterocycles. The van der Waals surface area contributed by atoms with E-state index < -0.39 is 0 Å². The fraction of sp³-hybridized carbons (Fsp3) is 0.318. The number of piperidine rings is 1. The van der Waals surface area contributed by atoms with Gasteiger partial charge in [-0.3, -0.25) is 14.4 Å². The van der Waals surface area contributed by atoms with E-state index in [0.29, 0.717) is 37.2 Å². The Morgan fingerprint density at radius 2 is 1.69 bits per heavy atom. The SMILES string of the molecule is CNC(=O)c1ccc(CNC(=O)C2CCCN(C(=O)c3ccc(F)cc3)C2)cc1. The zero-order chi connectivity index (χ0) is 20.8. The number of nitrogens with zero attached hydrogens (tertiary/aromatic N) is 1. The number of halogens is 1. The normalized spacial score (nSPS) is 16.2. The molecule has 0 aliphatic carbocycles. The number of amides is 3. The second-order valence-electron chi connectivity index (χ2n) is 7.09. The molecule has 0 radical (unpaired) electrons. The molecule has 6 nitrogen and oxygen atoms in total. The van der Waals surface area contributed by atoms with Crippen molar-refractivity contribution in [3.8, 4) is 0 Å². The summed E-state index contributed by atoms with van der Waals surface area (Å²) in [4.78, 5) is 38.4. The van der Waals surface area contributed by atoms with Gasteiger partial charge in [-0.25, -0.2) is 4.39 Å². The van der Waals surface area contributed by atoms with E-state index >= 15 is 0 Å². The molecule has 2 aromatic rings. The van der Waals surface area contributed by atoms with Crippen molar-refractivity contribution in [3.63, 3.8) is 0 Å². The highest BCUT2D eigenvalue weighted by Crippen LogP contribution is 2.19. The van der Waals surface area contributed by atoms with Gasteiger partial charge in [-0.1, -0.05) is 12.1 Å². The molecule has 0 aromatic heterocycles. The van der Waals surface area contributed by atoms with Crippen molar-refractivity contribution < 1.29 is 18.8 Å². The highest BCUT2D eigenvalue weighted by atomic mass is 19.1. The second-order valence-corrected chi connectivity index (χ2v) is 7.09. The van der Waals surface area contributed by atoms with Crippen LogP contribution in [0.3, 0.4) is 0 Å². The summed E-state index contributed by atoms with van der Waals surface area (Å²) in [5.41, 5.74) is 1.87. The number of hydrogen-bond acceptors (Lipinski definition) is 3. The number of likely N-dealkylation sites (tertiary alicyclic amines) is 1. The molecule has 2 N–H and O–H groups in total. The minimum Gasteiger partial charge on any atom is -0.355 e. The van der Waals surface area contributed by atoms with Gasteiger partial charge >= 0.3 is 0 Å². The summed E-state index contributed by atoms with van der Waals surface area (Å²) in [6.07, 6.45) is 1.46. The van der Waals surface area contributed by atoms with Crippen LogP contribution in [-0.4, -0.2) is 42.8 Å². The third kappa shape index (κ3) is 5.19. The first-order valence-electron chi connectivity index (χ1n) is 9.61. The van der Waals surface area contributed by atoms with Crippen molar-refractivity contribution in [2.24, 2.45) is 5.92 Å². The molecular formula is C22H24FN3O3. The monoisotopic (exact) mass is 397 g/mol. The minimum atomic E-state index is -0.388. The van der Waals surface area contributed by atoms with Crippen molar-refractivity contribution in [1.29, 1.82) is 0 Å². The van der Waals surface area contributed by atoms with Gasteiger partial charge in [0.05, 0.1) is 5.92 Å². The Bertz CT molecular complexity index is 881. The van der Waals surface area contributed by atoms with Crippen LogP contribution in [0, 0.1) is 11.7 Å². The lowest BCUT2D eigenvalue weighted by Crippen LogP contribution is -2.45. The van der Waals surface area contributed by atoms with Gasteiger partial charge in [0.1, 0.15) is 5.82 Å². The summed E-state index contributed by atoms with van der Waals surface area (Å²) >= 11 is 0. The van der Waals surface area contributed by atoms with Crippen LogP contribution in [0.5, 0.6) is 0 Å². The van der Waals surface area contributed by atoms with Gasteiger partial charge in [0.25, 0.3) is 11.8 Å². The Labute approximate surface area is 169 Å². The van der Waals surface area contributed by atoms with Crippen LogP contribution in [0.4, 0.5) is 4.39 Å². The zero-order valence-electron chi connectivity index (χ0n) is 16.3. The van der Waals surface area contributed by atoms with Crippen LogP contribution in [0.2, 0.25) is 0 Å². The summed E-state index contributed by atoms with van der Waals surface area (Å²) in [6.45, 7) is 1.29. The molecule has 7 heteroatoms. The van der Waals surface area contributed by atoms with Gasteiger partial charge in [-0.05, 0) is 54.8 Å². The van der Waals surface area contributed by atoms with Crippen LogP contribution in [0.15, 0.2) is 48.5 Å². The number of benzene rings is 2.